The van der Waals surface area contributed by atoms with E-state index in [1.54, 1.807) is 0 Å². The molecule has 0 aliphatic rings. The van der Waals surface area contributed by atoms with Gasteiger partial charge in [-0.15, -0.1) is 0 Å². The molecule has 0 spiro atoms. The second kappa shape index (κ2) is 24.0. The third-order valence-corrected chi connectivity index (χ3v) is 6.37. The summed E-state index contributed by atoms with van der Waals surface area (Å²) in [6.45, 7) is 4.30. The van der Waals surface area contributed by atoms with Crippen LogP contribution in [0.15, 0.2) is 0 Å². The van der Waals surface area contributed by atoms with Gasteiger partial charge in [-0.3, -0.25) is 4.79 Å². The summed E-state index contributed by atoms with van der Waals surface area (Å²) in [7, 11) is 0. The Kier molecular flexibility index (Phi) is 23.6. The van der Waals surface area contributed by atoms with E-state index in [1.807, 2.05) is 0 Å². The largest absolute Gasteiger partial charge is 0.394 e. The number of nitrogens with one attached hydrogen (secondary N) is 1. The molecule has 0 radical (unpaired) electrons. The van der Waals surface area contributed by atoms with Crippen molar-refractivity contribution in [2.75, 3.05) is 6.61 Å². The van der Waals surface area contributed by atoms with Gasteiger partial charge in [0.25, 0.3) is 0 Å². The lowest BCUT2D eigenvalue weighted by atomic mass is 10.0. The van der Waals surface area contributed by atoms with E-state index in [0.29, 0.717) is 12.8 Å². The molecule has 0 saturated heterocycles. The summed E-state index contributed by atoms with van der Waals surface area (Å²) >= 11 is 0. The third-order valence-electron chi connectivity index (χ3n) is 6.37. The molecule has 4 nitrogen and oxygen atoms in total. The highest BCUT2D eigenvalue weighted by atomic mass is 16.3. The van der Waals surface area contributed by atoms with Gasteiger partial charge in [0.1, 0.15) is 0 Å². The molecule has 1 amide bonds. The molecule has 4 heteroatoms. The lowest BCUT2D eigenvalue weighted by molar-refractivity contribution is -0.123. The van der Waals surface area contributed by atoms with Crippen molar-refractivity contribution in [3.63, 3.8) is 0 Å². The highest BCUT2D eigenvalue weighted by molar-refractivity contribution is 5.76. The Morgan fingerprint density at radius 2 is 1.03 bits per heavy atom. The van der Waals surface area contributed by atoms with E-state index in [4.69, 9.17) is 0 Å². The summed E-state index contributed by atoms with van der Waals surface area (Å²) in [5.74, 6) is -0.0373. The first-order chi connectivity index (χ1) is 15.2. The SMILES string of the molecule is CCCCCCCCCCCCC(=O)N[C@@H](CO)[C@H](O)CCCCCCCCCCC. The van der Waals surface area contributed by atoms with Gasteiger partial charge in [-0.1, -0.05) is 129 Å². The summed E-state index contributed by atoms with van der Waals surface area (Å²) in [6.07, 6.45) is 24.2. The van der Waals surface area contributed by atoms with Gasteiger partial charge in [0, 0.05) is 6.42 Å². The van der Waals surface area contributed by atoms with Crippen molar-refractivity contribution in [3.05, 3.63) is 0 Å². The summed E-state index contributed by atoms with van der Waals surface area (Å²) < 4.78 is 0. The fraction of sp³-hybridized carbons (Fsp3) is 0.963. The monoisotopic (exact) mass is 441 g/mol. The number of aliphatic hydroxyl groups is 2. The molecule has 0 heterocycles. The maximum atomic E-state index is 12.1. The third kappa shape index (κ3) is 21.0. The highest BCUT2D eigenvalue weighted by Crippen LogP contribution is 2.13. The molecule has 0 aromatic carbocycles. The molecule has 0 aromatic heterocycles. The van der Waals surface area contributed by atoms with Crippen molar-refractivity contribution >= 4 is 5.91 Å². The van der Waals surface area contributed by atoms with Crippen LogP contribution >= 0.6 is 0 Å². The molecule has 186 valence electrons. The van der Waals surface area contributed by atoms with Crippen LogP contribution in [-0.2, 0) is 4.79 Å². The minimum atomic E-state index is -0.647. The second-order valence-corrected chi connectivity index (χ2v) is 9.47. The van der Waals surface area contributed by atoms with Crippen molar-refractivity contribution in [2.24, 2.45) is 0 Å². The summed E-state index contributed by atoms with van der Waals surface area (Å²) in [6, 6.07) is -0.523. The maximum absolute atomic E-state index is 12.1. The number of hydrogen-bond acceptors (Lipinski definition) is 3. The van der Waals surface area contributed by atoms with E-state index in [9.17, 15) is 15.0 Å². The van der Waals surface area contributed by atoms with Crippen molar-refractivity contribution in [2.45, 2.75) is 161 Å². The molecule has 0 aliphatic carbocycles. The molecule has 0 rings (SSSR count). The van der Waals surface area contributed by atoms with Gasteiger partial charge in [0.05, 0.1) is 18.8 Å². The lowest BCUT2D eigenvalue weighted by Crippen LogP contribution is -2.45. The van der Waals surface area contributed by atoms with Gasteiger partial charge >= 0.3 is 0 Å². The molecule has 31 heavy (non-hydrogen) atoms. The minimum Gasteiger partial charge on any atom is -0.394 e. The number of aliphatic hydroxyl groups excluding tert-OH is 2. The zero-order valence-corrected chi connectivity index (χ0v) is 21.0. The molecule has 0 aromatic rings. The first-order valence-electron chi connectivity index (χ1n) is 13.7. The normalized spacial score (nSPS) is 13.3. The smallest absolute Gasteiger partial charge is 0.220 e. The summed E-state index contributed by atoms with van der Waals surface area (Å²) in [4.78, 5) is 12.1. The number of unbranched alkanes of at least 4 members (excludes halogenated alkanes) is 17. The van der Waals surface area contributed by atoms with Crippen LogP contribution in [-0.4, -0.2) is 34.9 Å². The van der Waals surface area contributed by atoms with Crippen LogP contribution in [0.1, 0.15) is 149 Å². The lowest BCUT2D eigenvalue weighted by Gasteiger charge is -2.22. The molecule has 0 aliphatic heterocycles. The van der Waals surface area contributed by atoms with Crippen LogP contribution in [0, 0.1) is 0 Å². The number of carbonyl (C=O) groups is 1. The van der Waals surface area contributed by atoms with Gasteiger partial charge in [0.15, 0.2) is 0 Å². The quantitative estimate of drug-likeness (QED) is 0.140. The van der Waals surface area contributed by atoms with Crippen LogP contribution in [0.25, 0.3) is 0 Å². The Labute approximate surface area is 194 Å². The molecule has 0 saturated carbocycles. The molecule has 3 N–H and O–H groups in total. The van der Waals surface area contributed by atoms with Crippen LogP contribution in [0.5, 0.6) is 0 Å². The predicted octanol–water partition coefficient (Wildman–Crippen LogP) is 7.06. The molecule has 2 atom stereocenters. The Balaban J connectivity index is 3.63. The average Bonchev–Trinajstić information content (AvgIpc) is 2.77. The molecule has 0 fully saturated rings. The van der Waals surface area contributed by atoms with E-state index >= 15 is 0 Å². The fourth-order valence-electron chi connectivity index (χ4n) is 4.18. The van der Waals surface area contributed by atoms with Crippen molar-refractivity contribution < 1.29 is 15.0 Å². The standard InChI is InChI=1S/C27H55NO3/c1-3-5-7-9-11-13-15-17-19-21-23-27(31)28-25(24-29)26(30)22-20-18-16-14-12-10-8-6-4-2/h25-26,29-30H,3-24H2,1-2H3,(H,28,31)/t25-,26+/m0/s1. The fourth-order valence-corrected chi connectivity index (χ4v) is 4.18. The molecular formula is C27H55NO3. The van der Waals surface area contributed by atoms with Crippen LogP contribution in [0.2, 0.25) is 0 Å². The first-order valence-corrected chi connectivity index (χ1v) is 13.7. The summed E-state index contributed by atoms with van der Waals surface area (Å²) in [5.41, 5.74) is 0. The average molecular weight is 442 g/mol. The number of hydrogen-bond donors (Lipinski definition) is 3. The van der Waals surface area contributed by atoms with Gasteiger partial charge in [-0.2, -0.15) is 0 Å². The van der Waals surface area contributed by atoms with Crippen molar-refractivity contribution in [1.82, 2.24) is 5.32 Å². The second-order valence-electron chi connectivity index (χ2n) is 9.47. The first kappa shape index (κ1) is 30.4. The van der Waals surface area contributed by atoms with Gasteiger partial charge in [0.2, 0.25) is 5.91 Å². The van der Waals surface area contributed by atoms with E-state index < -0.39 is 12.1 Å². The van der Waals surface area contributed by atoms with E-state index in [0.717, 1.165) is 25.7 Å². The Bertz CT molecular complexity index is 375. The number of carbonyl (C=O) groups excluding carboxylic acids is 1. The number of amides is 1. The molecule has 0 bridgehead atoms. The predicted molar refractivity (Wildman–Crippen MR) is 133 cm³/mol. The van der Waals surface area contributed by atoms with Crippen molar-refractivity contribution in [1.29, 1.82) is 0 Å². The van der Waals surface area contributed by atoms with E-state index in [2.05, 4.69) is 19.2 Å². The molecular weight excluding hydrogens is 386 g/mol. The summed E-state index contributed by atoms with van der Waals surface area (Å²) in [5, 5.41) is 22.7. The van der Waals surface area contributed by atoms with Crippen LogP contribution in [0.3, 0.4) is 0 Å². The van der Waals surface area contributed by atoms with Crippen molar-refractivity contribution in [3.8, 4) is 0 Å². The van der Waals surface area contributed by atoms with E-state index in [-0.39, 0.29) is 12.5 Å². The Morgan fingerprint density at radius 3 is 1.45 bits per heavy atom. The molecule has 0 unspecified atom stereocenters. The Hall–Kier alpha value is -0.610. The zero-order valence-electron chi connectivity index (χ0n) is 21.0. The van der Waals surface area contributed by atoms with E-state index in [1.165, 1.54) is 96.3 Å². The van der Waals surface area contributed by atoms with Gasteiger partial charge < -0.3 is 15.5 Å². The highest BCUT2D eigenvalue weighted by Gasteiger charge is 2.19. The Morgan fingerprint density at radius 1 is 0.645 bits per heavy atom. The van der Waals surface area contributed by atoms with Crippen LogP contribution in [0.4, 0.5) is 0 Å². The topological polar surface area (TPSA) is 69.6 Å². The van der Waals surface area contributed by atoms with Crippen LogP contribution < -0.4 is 5.32 Å². The maximum Gasteiger partial charge on any atom is 0.220 e. The zero-order chi connectivity index (χ0) is 23.0. The van der Waals surface area contributed by atoms with Gasteiger partial charge in [-0.25, -0.2) is 0 Å². The minimum absolute atomic E-state index is 0.0373. The number of rotatable bonds is 24. The van der Waals surface area contributed by atoms with Gasteiger partial charge in [-0.05, 0) is 12.8 Å².